The van der Waals surface area contributed by atoms with Gasteiger partial charge in [0.2, 0.25) is 5.91 Å². The number of fused-ring (bicyclic) bond motifs is 3. The van der Waals surface area contributed by atoms with Crippen LogP contribution in [0.2, 0.25) is 0 Å². The summed E-state index contributed by atoms with van der Waals surface area (Å²) in [5.41, 5.74) is 13.5. The third-order valence-corrected chi connectivity index (χ3v) is 5.77. The average molecular weight is 384 g/mol. The molecule has 0 atom stereocenters. The lowest BCUT2D eigenvalue weighted by Gasteiger charge is -2.12. The number of amides is 1. The highest BCUT2D eigenvalue weighted by Crippen LogP contribution is 2.33. The SMILES string of the molecule is CCCCc1c[c]c2c3c(C(N)=O)cccc3n(Cc3ccc(C)cc3C)c2c1. The molecule has 0 saturated heterocycles. The minimum atomic E-state index is -0.398. The van der Waals surface area contributed by atoms with Crippen LogP contribution >= 0.6 is 0 Å². The molecule has 3 heteroatoms. The van der Waals surface area contributed by atoms with E-state index in [0.717, 1.165) is 47.6 Å². The topological polar surface area (TPSA) is 48.0 Å². The number of aromatic nitrogens is 1. The molecule has 0 aliphatic rings. The van der Waals surface area contributed by atoms with E-state index in [-0.39, 0.29) is 0 Å². The molecular weight excluding hydrogens is 356 g/mol. The van der Waals surface area contributed by atoms with Crippen molar-refractivity contribution in [2.24, 2.45) is 5.73 Å². The summed E-state index contributed by atoms with van der Waals surface area (Å²) in [6.07, 6.45) is 3.36. The van der Waals surface area contributed by atoms with Crippen molar-refractivity contribution in [3.05, 3.63) is 82.4 Å². The fraction of sp³-hybridized carbons (Fsp3) is 0.269. The van der Waals surface area contributed by atoms with Gasteiger partial charge in [0, 0.05) is 22.9 Å². The van der Waals surface area contributed by atoms with Crippen LogP contribution in [0.25, 0.3) is 21.8 Å². The van der Waals surface area contributed by atoms with Crippen molar-refractivity contribution in [2.75, 3.05) is 0 Å². The average Bonchev–Trinajstić information content (AvgIpc) is 3.01. The summed E-state index contributed by atoms with van der Waals surface area (Å²) in [6, 6.07) is 20.2. The number of carbonyl (C=O) groups is 1. The molecule has 29 heavy (non-hydrogen) atoms. The Balaban J connectivity index is 1.98. The molecule has 0 spiro atoms. The second-order valence-electron chi connectivity index (χ2n) is 7.95. The summed E-state index contributed by atoms with van der Waals surface area (Å²) < 4.78 is 2.31. The second kappa shape index (κ2) is 7.75. The minimum Gasteiger partial charge on any atom is -0.366 e. The maximum Gasteiger partial charge on any atom is 0.249 e. The van der Waals surface area contributed by atoms with Crippen LogP contribution < -0.4 is 5.73 Å². The van der Waals surface area contributed by atoms with E-state index in [9.17, 15) is 4.79 Å². The molecule has 1 amide bonds. The van der Waals surface area contributed by atoms with Crippen molar-refractivity contribution >= 4 is 27.7 Å². The highest BCUT2D eigenvalue weighted by molar-refractivity contribution is 6.17. The number of hydrogen-bond donors (Lipinski definition) is 1. The number of nitrogens with zero attached hydrogens (tertiary/aromatic N) is 1. The number of rotatable bonds is 6. The van der Waals surface area contributed by atoms with Crippen LogP contribution in [0.4, 0.5) is 0 Å². The maximum absolute atomic E-state index is 12.1. The molecule has 4 aromatic rings. The zero-order valence-corrected chi connectivity index (χ0v) is 17.4. The van der Waals surface area contributed by atoms with E-state index >= 15 is 0 Å². The van der Waals surface area contributed by atoms with Crippen LogP contribution in [0.1, 0.15) is 52.4 Å². The molecule has 2 N–H and O–H groups in total. The summed E-state index contributed by atoms with van der Waals surface area (Å²) in [5, 5.41) is 1.88. The zero-order valence-electron chi connectivity index (χ0n) is 17.4. The number of unbranched alkanes of at least 4 members (excludes halogenated alkanes) is 1. The van der Waals surface area contributed by atoms with Crippen molar-refractivity contribution in [3.63, 3.8) is 0 Å². The summed E-state index contributed by atoms with van der Waals surface area (Å²) in [7, 11) is 0. The van der Waals surface area contributed by atoms with Crippen molar-refractivity contribution in [1.29, 1.82) is 0 Å². The highest BCUT2D eigenvalue weighted by atomic mass is 16.1. The number of primary amides is 1. The largest absolute Gasteiger partial charge is 0.366 e. The predicted molar refractivity (Wildman–Crippen MR) is 120 cm³/mol. The smallest absolute Gasteiger partial charge is 0.249 e. The molecule has 1 heterocycles. The van der Waals surface area contributed by atoms with Gasteiger partial charge in [-0.15, -0.1) is 0 Å². The summed E-state index contributed by atoms with van der Waals surface area (Å²) in [6.45, 7) is 7.23. The lowest BCUT2D eigenvalue weighted by Crippen LogP contribution is -2.11. The molecule has 4 rings (SSSR count). The Labute approximate surface area is 172 Å². The van der Waals surface area contributed by atoms with Gasteiger partial charge in [0.15, 0.2) is 0 Å². The van der Waals surface area contributed by atoms with Gasteiger partial charge in [-0.05, 0) is 67.6 Å². The van der Waals surface area contributed by atoms with Crippen molar-refractivity contribution in [3.8, 4) is 0 Å². The molecule has 1 aromatic heterocycles. The fourth-order valence-corrected chi connectivity index (χ4v) is 4.19. The first-order valence-corrected chi connectivity index (χ1v) is 10.3. The Kier molecular flexibility index (Phi) is 5.14. The normalized spacial score (nSPS) is 11.4. The fourth-order valence-electron chi connectivity index (χ4n) is 4.19. The number of hydrogen-bond acceptors (Lipinski definition) is 1. The molecule has 147 valence electrons. The molecule has 3 aromatic carbocycles. The molecule has 0 aliphatic carbocycles. The summed E-state index contributed by atoms with van der Waals surface area (Å²) in [5.74, 6) is -0.398. The van der Waals surface area contributed by atoms with Gasteiger partial charge in [0.1, 0.15) is 0 Å². The van der Waals surface area contributed by atoms with E-state index in [2.05, 4.69) is 67.8 Å². The number of benzene rings is 3. The van der Waals surface area contributed by atoms with Gasteiger partial charge in [0.05, 0.1) is 11.0 Å². The number of aryl methyl sites for hydroxylation is 3. The molecule has 0 saturated carbocycles. The summed E-state index contributed by atoms with van der Waals surface area (Å²) in [4.78, 5) is 12.1. The first-order valence-electron chi connectivity index (χ1n) is 10.3. The third kappa shape index (κ3) is 3.53. The summed E-state index contributed by atoms with van der Waals surface area (Å²) >= 11 is 0. The lowest BCUT2D eigenvalue weighted by atomic mass is 10.0. The third-order valence-electron chi connectivity index (χ3n) is 5.77. The van der Waals surface area contributed by atoms with Crippen molar-refractivity contribution in [1.82, 2.24) is 4.57 Å². The standard InChI is InChI=1S/C26H27N2O/c1-4-5-7-19-11-13-21-24(15-19)28(16-20-12-10-17(2)14-18(20)3)23-9-6-8-22(25(21)23)26(27)29/h6,8-12,14-15H,4-5,7,16H2,1-3H3,(H2,27,29). The zero-order chi connectivity index (χ0) is 20.5. The van der Waals surface area contributed by atoms with Crippen molar-refractivity contribution in [2.45, 2.75) is 46.6 Å². The molecular formula is C26H27N2O. The van der Waals surface area contributed by atoms with Crippen LogP contribution in [0, 0.1) is 19.9 Å². The predicted octanol–water partition coefficient (Wildman–Crippen LogP) is 5.70. The van der Waals surface area contributed by atoms with Gasteiger partial charge in [-0.3, -0.25) is 4.79 Å². The van der Waals surface area contributed by atoms with Crippen LogP contribution in [0.5, 0.6) is 0 Å². The van der Waals surface area contributed by atoms with Crippen LogP contribution in [-0.4, -0.2) is 10.5 Å². The molecule has 0 unspecified atom stereocenters. The number of carbonyl (C=O) groups excluding carboxylic acids is 1. The highest BCUT2D eigenvalue weighted by Gasteiger charge is 2.17. The van der Waals surface area contributed by atoms with Gasteiger partial charge >= 0.3 is 0 Å². The Hall–Kier alpha value is -3.07. The van der Waals surface area contributed by atoms with Crippen LogP contribution in [-0.2, 0) is 13.0 Å². The van der Waals surface area contributed by atoms with Gasteiger partial charge in [-0.1, -0.05) is 49.2 Å². The lowest BCUT2D eigenvalue weighted by molar-refractivity contribution is 0.100. The van der Waals surface area contributed by atoms with Crippen LogP contribution in [0.15, 0.2) is 48.5 Å². The molecule has 0 bridgehead atoms. The number of nitrogens with two attached hydrogens (primary N) is 1. The van der Waals surface area contributed by atoms with Crippen molar-refractivity contribution < 1.29 is 4.79 Å². The van der Waals surface area contributed by atoms with Gasteiger partial charge in [-0.25, -0.2) is 0 Å². The van der Waals surface area contributed by atoms with E-state index in [0.29, 0.717) is 5.56 Å². The maximum atomic E-state index is 12.1. The Morgan fingerprint density at radius 3 is 2.66 bits per heavy atom. The van der Waals surface area contributed by atoms with E-state index in [1.807, 2.05) is 12.1 Å². The second-order valence-corrected chi connectivity index (χ2v) is 7.95. The van der Waals surface area contributed by atoms with E-state index in [4.69, 9.17) is 5.73 Å². The van der Waals surface area contributed by atoms with E-state index in [1.54, 1.807) is 0 Å². The first-order chi connectivity index (χ1) is 14.0. The minimum absolute atomic E-state index is 0.398. The van der Waals surface area contributed by atoms with E-state index < -0.39 is 5.91 Å². The van der Waals surface area contributed by atoms with Gasteiger partial charge in [0.25, 0.3) is 0 Å². The molecule has 3 nitrogen and oxygen atoms in total. The van der Waals surface area contributed by atoms with Gasteiger partial charge in [-0.2, -0.15) is 0 Å². The monoisotopic (exact) mass is 383 g/mol. The quantitative estimate of drug-likeness (QED) is 0.456. The van der Waals surface area contributed by atoms with Crippen LogP contribution in [0.3, 0.4) is 0 Å². The molecule has 1 radical (unpaired) electrons. The van der Waals surface area contributed by atoms with E-state index in [1.165, 1.54) is 22.3 Å². The molecule has 0 aliphatic heterocycles. The Morgan fingerprint density at radius 2 is 1.93 bits per heavy atom. The van der Waals surface area contributed by atoms with Gasteiger partial charge < -0.3 is 10.3 Å². The Bertz CT molecular complexity index is 1220. The first kappa shape index (κ1) is 19.3. The Morgan fingerprint density at radius 1 is 1.10 bits per heavy atom. The molecule has 0 fully saturated rings.